The Labute approximate surface area is 79.6 Å². The molecule has 0 atom stereocenters. The molecule has 12 heavy (non-hydrogen) atoms. The fourth-order valence-corrected chi connectivity index (χ4v) is 0. The van der Waals surface area contributed by atoms with Crippen LogP contribution in [0.2, 0.25) is 0 Å². The van der Waals surface area contributed by atoms with Crippen molar-refractivity contribution < 1.29 is 26.6 Å². The molecule has 0 aliphatic carbocycles. The zero-order chi connectivity index (χ0) is 9.00. The smallest absolute Gasteiger partial charge is 0.263 e. The number of rotatable bonds is 0. The van der Waals surface area contributed by atoms with Crippen LogP contribution in [0.4, 0.5) is 0 Å². The van der Waals surface area contributed by atoms with Gasteiger partial charge in [-0.2, -0.15) is 8.42 Å². The van der Waals surface area contributed by atoms with Gasteiger partial charge < -0.3 is 12.3 Å². The maximum Gasteiger partial charge on any atom is 0.263 e. The first-order valence-corrected chi connectivity index (χ1v) is 6.19. The lowest BCUT2D eigenvalue weighted by atomic mass is 14.0. The topological polar surface area (TPSA) is 185 Å². The third-order valence-corrected chi connectivity index (χ3v) is 0. The summed E-state index contributed by atoms with van der Waals surface area (Å²) < 4.78 is 47.9. The average molecular weight is 262 g/mol. The molecule has 8 nitrogen and oxygen atoms in total. The third kappa shape index (κ3) is 3790. The lowest BCUT2D eigenvalue weighted by molar-refractivity contribution is 0.448. The Morgan fingerprint density at radius 3 is 0.750 bits per heavy atom. The van der Waals surface area contributed by atoms with Crippen LogP contribution >= 0.6 is 0 Å². The molecule has 0 aromatic heterocycles. The Morgan fingerprint density at radius 2 is 0.750 bits per heavy atom. The van der Waals surface area contributed by atoms with Crippen molar-refractivity contribution in [3.63, 3.8) is 0 Å². The lowest BCUT2D eigenvalue weighted by Gasteiger charge is -1.73. The molecule has 80 valence electrons. The Balaban J connectivity index is -0.0000000457. The standard InChI is InChI=1S/2H3N.2H2O3S2/c;;2*1-5(2,3)4/h2*1H3;2*(H2,1,2,3,4). The van der Waals surface area contributed by atoms with E-state index in [-0.39, 0.29) is 12.3 Å². The van der Waals surface area contributed by atoms with Crippen LogP contribution in [0.3, 0.4) is 0 Å². The molecule has 12 heteroatoms. The van der Waals surface area contributed by atoms with E-state index in [1.165, 1.54) is 0 Å². The molecule has 0 spiro atoms. The highest BCUT2D eigenvalue weighted by molar-refractivity contribution is 8.26. The Bertz CT molecular complexity index is 214. The lowest BCUT2D eigenvalue weighted by Crippen LogP contribution is -1.86. The quantitative estimate of drug-likeness (QED) is 0.338. The highest BCUT2D eigenvalue weighted by atomic mass is 32.9. The summed E-state index contributed by atoms with van der Waals surface area (Å²) in [4.78, 5) is 0. The van der Waals surface area contributed by atoms with Crippen LogP contribution in [0.1, 0.15) is 0 Å². The van der Waals surface area contributed by atoms with E-state index in [2.05, 4.69) is 22.4 Å². The molecule has 0 aliphatic heterocycles. The van der Waals surface area contributed by atoms with E-state index in [0.717, 1.165) is 0 Å². The fourth-order valence-electron chi connectivity index (χ4n) is 0. The molecule has 0 heterocycles. The van der Waals surface area contributed by atoms with Crippen LogP contribution in [0.25, 0.3) is 0 Å². The van der Waals surface area contributed by atoms with E-state index in [1.54, 1.807) is 0 Å². The first-order chi connectivity index (χ1) is 4.00. The van der Waals surface area contributed by atoms with Gasteiger partial charge in [-0.3, -0.25) is 18.2 Å². The maximum atomic E-state index is 9.11. The SMILES string of the molecule is N.N.O=S(O)(O)=S.O=S(O)(O)=S. The van der Waals surface area contributed by atoms with Gasteiger partial charge in [0.15, 0.2) is 0 Å². The molecular weight excluding hydrogens is 252 g/mol. The molecule has 0 rings (SSSR count). The highest BCUT2D eigenvalue weighted by Gasteiger charge is 1.78. The highest BCUT2D eigenvalue weighted by Crippen LogP contribution is 1.62. The van der Waals surface area contributed by atoms with Crippen molar-refractivity contribution >= 4 is 40.5 Å². The van der Waals surface area contributed by atoms with Gasteiger partial charge in [0.2, 0.25) is 0 Å². The van der Waals surface area contributed by atoms with Gasteiger partial charge in [-0.05, 0) is 0 Å². The van der Waals surface area contributed by atoms with Gasteiger partial charge in [0.1, 0.15) is 0 Å². The second-order valence-corrected chi connectivity index (χ2v) is 5.29. The van der Waals surface area contributed by atoms with Gasteiger partial charge in [-0.15, -0.1) is 0 Å². The van der Waals surface area contributed by atoms with Crippen LogP contribution in [-0.2, 0) is 40.5 Å². The first-order valence-electron chi connectivity index (χ1n) is 1.40. The van der Waals surface area contributed by atoms with Crippen LogP contribution in [0, 0.1) is 0 Å². The summed E-state index contributed by atoms with van der Waals surface area (Å²) in [7, 11) is -7.67. The minimum absolute atomic E-state index is 0. The molecule has 0 aromatic carbocycles. The summed E-state index contributed by atoms with van der Waals surface area (Å²) in [5, 5.41) is 0. The van der Waals surface area contributed by atoms with E-state index in [1.807, 2.05) is 0 Å². The Kier molecular flexibility index (Phi) is 15.5. The summed E-state index contributed by atoms with van der Waals surface area (Å²) in [6.45, 7) is 0. The molecule has 0 aliphatic rings. The molecule has 0 saturated heterocycles. The van der Waals surface area contributed by atoms with E-state index in [4.69, 9.17) is 26.6 Å². The average Bonchev–Trinajstić information content (AvgIpc) is 1.12. The summed E-state index contributed by atoms with van der Waals surface area (Å²) in [6, 6.07) is 0. The summed E-state index contributed by atoms with van der Waals surface area (Å²) in [5.74, 6) is 0. The normalized spacial score (nSPS) is 9.67. The molecular formula is H10N2O6S4. The maximum absolute atomic E-state index is 9.11. The minimum atomic E-state index is -3.83. The van der Waals surface area contributed by atoms with Gasteiger partial charge in [0.05, 0.1) is 0 Å². The zero-order valence-corrected chi connectivity index (χ0v) is 8.92. The van der Waals surface area contributed by atoms with Crippen molar-refractivity contribution in [2.45, 2.75) is 0 Å². The first kappa shape index (κ1) is 22.9. The van der Waals surface area contributed by atoms with Gasteiger partial charge in [-0.1, -0.05) is 0 Å². The van der Waals surface area contributed by atoms with E-state index in [0.29, 0.717) is 0 Å². The molecule has 0 unspecified atom stereocenters. The summed E-state index contributed by atoms with van der Waals surface area (Å²) in [6.07, 6.45) is 0. The predicted molar refractivity (Wildman–Crippen MR) is 51.6 cm³/mol. The van der Waals surface area contributed by atoms with Crippen molar-refractivity contribution in [2.24, 2.45) is 0 Å². The Morgan fingerprint density at radius 1 is 0.750 bits per heavy atom. The second-order valence-electron chi connectivity index (χ2n) is 0.896. The van der Waals surface area contributed by atoms with Gasteiger partial charge in [-0.25, -0.2) is 0 Å². The minimum Gasteiger partial charge on any atom is -0.344 e. The van der Waals surface area contributed by atoms with Gasteiger partial charge in [0.25, 0.3) is 18.1 Å². The third-order valence-electron chi connectivity index (χ3n) is 0. The largest absolute Gasteiger partial charge is 0.344 e. The molecule has 0 amide bonds. The molecule has 0 radical (unpaired) electrons. The van der Waals surface area contributed by atoms with E-state index < -0.39 is 18.1 Å². The van der Waals surface area contributed by atoms with Crippen molar-refractivity contribution in [3.05, 3.63) is 0 Å². The fraction of sp³-hybridized carbons (Fsp3) is 0. The summed E-state index contributed by atoms with van der Waals surface area (Å²) in [5.41, 5.74) is 0. The van der Waals surface area contributed by atoms with E-state index in [9.17, 15) is 0 Å². The van der Waals surface area contributed by atoms with Crippen LogP contribution in [-0.4, -0.2) is 26.6 Å². The predicted octanol–water partition coefficient (Wildman–Crippen LogP) is -0.319. The van der Waals surface area contributed by atoms with Crippen molar-refractivity contribution in [3.8, 4) is 0 Å². The molecule has 0 saturated carbocycles. The van der Waals surface area contributed by atoms with Crippen LogP contribution in [0.5, 0.6) is 0 Å². The van der Waals surface area contributed by atoms with Crippen LogP contribution in [0.15, 0.2) is 0 Å². The molecule has 10 N–H and O–H groups in total. The van der Waals surface area contributed by atoms with Gasteiger partial charge in [0, 0.05) is 22.4 Å². The van der Waals surface area contributed by atoms with Gasteiger partial charge >= 0.3 is 0 Å². The van der Waals surface area contributed by atoms with E-state index >= 15 is 0 Å². The monoisotopic (exact) mass is 262 g/mol. The van der Waals surface area contributed by atoms with Crippen molar-refractivity contribution in [1.29, 1.82) is 0 Å². The van der Waals surface area contributed by atoms with Crippen molar-refractivity contribution in [2.75, 3.05) is 0 Å². The Hall–Kier alpha value is 0.500. The van der Waals surface area contributed by atoms with Crippen LogP contribution < -0.4 is 12.3 Å². The second kappa shape index (κ2) is 8.11. The van der Waals surface area contributed by atoms with Crippen molar-refractivity contribution in [1.82, 2.24) is 12.3 Å². The summed E-state index contributed by atoms with van der Waals surface area (Å²) >= 11 is 6.93. The zero-order valence-electron chi connectivity index (χ0n) is 5.65. The number of hydrogen-bond donors (Lipinski definition) is 6. The number of hydrogen-bond acceptors (Lipinski definition) is 6. The molecule has 0 aromatic rings. The molecule has 0 fully saturated rings. The molecule has 0 bridgehead atoms.